The SMILES string of the molecule is Cc1cccc(NC(=O)CSCC(=O)Nc2ccc(-n3cncn3)cc2)c1. The Morgan fingerprint density at radius 3 is 2.33 bits per heavy atom. The van der Waals surface area contributed by atoms with Gasteiger partial charge in [-0.15, -0.1) is 11.8 Å². The monoisotopic (exact) mass is 381 g/mol. The number of amides is 2. The molecule has 0 bridgehead atoms. The van der Waals surface area contributed by atoms with Gasteiger partial charge in [0.15, 0.2) is 0 Å². The second kappa shape index (κ2) is 9.00. The first-order valence-electron chi connectivity index (χ1n) is 8.29. The van der Waals surface area contributed by atoms with Gasteiger partial charge in [0.2, 0.25) is 11.8 Å². The lowest BCUT2D eigenvalue weighted by atomic mass is 10.2. The molecule has 0 saturated carbocycles. The molecule has 1 heterocycles. The molecule has 2 aromatic carbocycles. The van der Waals surface area contributed by atoms with E-state index in [9.17, 15) is 9.59 Å². The third kappa shape index (κ3) is 5.68. The Labute approximate surface area is 161 Å². The van der Waals surface area contributed by atoms with Gasteiger partial charge in [0, 0.05) is 11.4 Å². The summed E-state index contributed by atoms with van der Waals surface area (Å²) in [6, 6.07) is 14.9. The molecule has 0 unspecified atom stereocenters. The number of nitrogens with one attached hydrogen (secondary N) is 2. The van der Waals surface area contributed by atoms with Crippen molar-refractivity contribution in [3.63, 3.8) is 0 Å². The average molecular weight is 381 g/mol. The van der Waals surface area contributed by atoms with Crippen molar-refractivity contribution in [1.29, 1.82) is 0 Å². The molecule has 7 nitrogen and oxygen atoms in total. The summed E-state index contributed by atoms with van der Waals surface area (Å²) in [6.45, 7) is 1.97. The Morgan fingerprint density at radius 2 is 1.70 bits per heavy atom. The highest BCUT2D eigenvalue weighted by molar-refractivity contribution is 8.00. The fourth-order valence-electron chi connectivity index (χ4n) is 2.39. The molecular weight excluding hydrogens is 362 g/mol. The van der Waals surface area contributed by atoms with Crippen LogP contribution in [0.25, 0.3) is 5.69 Å². The van der Waals surface area contributed by atoms with E-state index in [2.05, 4.69) is 20.7 Å². The summed E-state index contributed by atoms with van der Waals surface area (Å²) in [5.74, 6) is 0.131. The van der Waals surface area contributed by atoms with Crippen LogP contribution in [0, 0.1) is 6.92 Å². The van der Waals surface area contributed by atoms with Crippen LogP contribution in [-0.4, -0.2) is 38.1 Å². The summed E-state index contributed by atoms with van der Waals surface area (Å²) in [6.07, 6.45) is 3.06. The van der Waals surface area contributed by atoms with Crippen molar-refractivity contribution in [3.8, 4) is 5.69 Å². The van der Waals surface area contributed by atoms with E-state index in [1.165, 1.54) is 18.1 Å². The van der Waals surface area contributed by atoms with Gasteiger partial charge in [0.1, 0.15) is 12.7 Å². The molecule has 0 spiro atoms. The Bertz CT molecular complexity index is 910. The minimum atomic E-state index is -0.156. The fraction of sp³-hybridized carbons (Fsp3) is 0.158. The predicted octanol–water partition coefficient (Wildman–Crippen LogP) is 2.89. The van der Waals surface area contributed by atoms with Crippen molar-refractivity contribution in [2.45, 2.75) is 6.92 Å². The summed E-state index contributed by atoms with van der Waals surface area (Å²) in [5, 5.41) is 9.68. The number of hydrogen-bond donors (Lipinski definition) is 2. The topological polar surface area (TPSA) is 88.9 Å². The number of hydrogen-bond acceptors (Lipinski definition) is 5. The number of benzene rings is 2. The lowest BCUT2D eigenvalue weighted by Crippen LogP contribution is -2.18. The molecule has 1 aromatic heterocycles. The van der Waals surface area contributed by atoms with Gasteiger partial charge in [0.05, 0.1) is 17.2 Å². The van der Waals surface area contributed by atoms with Gasteiger partial charge >= 0.3 is 0 Å². The van der Waals surface area contributed by atoms with Crippen molar-refractivity contribution >= 4 is 35.0 Å². The van der Waals surface area contributed by atoms with Gasteiger partial charge < -0.3 is 10.6 Å². The first-order chi connectivity index (χ1) is 13.1. The van der Waals surface area contributed by atoms with E-state index in [1.54, 1.807) is 23.1 Å². The van der Waals surface area contributed by atoms with Crippen molar-refractivity contribution in [2.75, 3.05) is 22.1 Å². The van der Waals surface area contributed by atoms with Crippen LogP contribution in [-0.2, 0) is 9.59 Å². The number of carbonyl (C=O) groups excluding carboxylic acids is 2. The predicted molar refractivity (Wildman–Crippen MR) is 107 cm³/mol. The van der Waals surface area contributed by atoms with Crippen molar-refractivity contribution in [1.82, 2.24) is 14.8 Å². The molecular formula is C19H19N5O2S. The van der Waals surface area contributed by atoms with Gasteiger partial charge in [-0.05, 0) is 48.9 Å². The maximum Gasteiger partial charge on any atom is 0.234 e. The third-order valence-electron chi connectivity index (χ3n) is 3.60. The van der Waals surface area contributed by atoms with Gasteiger partial charge in [-0.25, -0.2) is 9.67 Å². The lowest BCUT2D eigenvalue weighted by molar-refractivity contribution is -0.114. The van der Waals surface area contributed by atoms with Gasteiger partial charge in [0.25, 0.3) is 0 Å². The van der Waals surface area contributed by atoms with Gasteiger partial charge in [-0.2, -0.15) is 5.10 Å². The van der Waals surface area contributed by atoms with Crippen LogP contribution in [0.5, 0.6) is 0 Å². The largest absolute Gasteiger partial charge is 0.325 e. The Balaban J connectivity index is 1.41. The highest BCUT2D eigenvalue weighted by Crippen LogP contribution is 2.13. The van der Waals surface area contributed by atoms with E-state index in [0.717, 1.165) is 16.9 Å². The van der Waals surface area contributed by atoms with Crippen LogP contribution in [0.3, 0.4) is 0 Å². The minimum absolute atomic E-state index is 0.129. The second-order valence-electron chi connectivity index (χ2n) is 5.85. The Hall–Kier alpha value is -3.13. The molecule has 0 aliphatic rings. The van der Waals surface area contributed by atoms with Gasteiger partial charge in [-0.3, -0.25) is 9.59 Å². The van der Waals surface area contributed by atoms with E-state index in [-0.39, 0.29) is 23.3 Å². The van der Waals surface area contributed by atoms with Crippen molar-refractivity contribution in [3.05, 3.63) is 66.7 Å². The van der Waals surface area contributed by atoms with Crippen molar-refractivity contribution in [2.24, 2.45) is 0 Å². The molecule has 3 aromatic rings. The molecule has 0 radical (unpaired) electrons. The minimum Gasteiger partial charge on any atom is -0.325 e. The van der Waals surface area contributed by atoms with E-state index in [0.29, 0.717) is 5.69 Å². The standard InChI is InChI=1S/C19H19N5O2S/c1-14-3-2-4-16(9-14)23-19(26)11-27-10-18(25)22-15-5-7-17(8-6-15)24-13-20-12-21-24/h2-9,12-13H,10-11H2,1H3,(H,22,25)(H,23,26). The zero-order valence-electron chi connectivity index (χ0n) is 14.8. The van der Waals surface area contributed by atoms with E-state index >= 15 is 0 Å². The van der Waals surface area contributed by atoms with E-state index in [4.69, 9.17) is 0 Å². The zero-order valence-corrected chi connectivity index (χ0v) is 15.6. The maximum absolute atomic E-state index is 12.0. The van der Waals surface area contributed by atoms with Gasteiger partial charge in [-0.1, -0.05) is 12.1 Å². The summed E-state index contributed by atoms with van der Waals surface area (Å²) in [4.78, 5) is 27.9. The molecule has 0 fully saturated rings. The molecule has 27 heavy (non-hydrogen) atoms. The lowest BCUT2D eigenvalue weighted by Gasteiger charge is -2.07. The number of aryl methyl sites for hydroxylation is 1. The highest BCUT2D eigenvalue weighted by atomic mass is 32.2. The first-order valence-corrected chi connectivity index (χ1v) is 9.45. The first kappa shape index (κ1) is 18.7. The molecule has 2 N–H and O–H groups in total. The Kier molecular flexibility index (Phi) is 6.22. The molecule has 0 atom stereocenters. The van der Waals surface area contributed by atoms with Crippen LogP contribution in [0.4, 0.5) is 11.4 Å². The van der Waals surface area contributed by atoms with Crippen LogP contribution < -0.4 is 10.6 Å². The number of thioether (sulfide) groups is 1. The maximum atomic E-state index is 12.0. The number of aromatic nitrogens is 3. The summed E-state index contributed by atoms with van der Waals surface area (Å²) >= 11 is 1.27. The molecule has 2 amide bonds. The Morgan fingerprint density at radius 1 is 1.00 bits per heavy atom. The molecule has 3 rings (SSSR count). The number of anilines is 2. The molecule has 8 heteroatoms. The van der Waals surface area contributed by atoms with Crippen LogP contribution in [0.15, 0.2) is 61.2 Å². The molecule has 0 saturated heterocycles. The second-order valence-corrected chi connectivity index (χ2v) is 6.83. The third-order valence-corrected chi connectivity index (χ3v) is 4.54. The molecule has 138 valence electrons. The fourth-order valence-corrected chi connectivity index (χ4v) is 3.01. The molecule has 0 aliphatic carbocycles. The van der Waals surface area contributed by atoms with E-state index in [1.807, 2.05) is 43.3 Å². The normalized spacial score (nSPS) is 10.4. The zero-order chi connectivity index (χ0) is 19.1. The van der Waals surface area contributed by atoms with Crippen molar-refractivity contribution < 1.29 is 9.59 Å². The van der Waals surface area contributed by atoms with Crippen LogP contribution >= 0.6 is 11.8 Å². The van der Waals surface area contributed by atoms with Crippen LogP contribution in [0.2, 0.25) is 0 Å². The molecule has 0 aliphatic heterocycles. The smallest absolute Gasteiger partial charge is 0.234 e. The summed E-state index contributed by atoms with van der Waals surface area (Å²) in [7, 11) is 0. The summed E-state index contributed by atoms with van der Waals surface area (Å²) in [5.41, 5.74) is 3.38. The van der Waals surface area contributed by atoms with E-state index < -0.39 is 0 Å². The number of rotatable bonds is 7. The average Bonchev–Trinajstić information content (AvgIpc) is 3.17. The summed E-state index contributed by atoms with van der Waals surface area (Å²) < 4.78 is 1.63. The van der Waals surface area contributed by atoms with Crippen LogP contribution in [0.1, 0.15) is 5.56 Å². The number of nitrogens with zero attached hydrogens (tertiary/aromatic N) is 3. The quantitative estimate of drug-likeness (QED) is 0.657. The number of carbonyl (C=O) groups is 2. The highest BCUT2D eigenvalue weighted by Gasteiger charge is 2.07.